The minimum absolute atomic E-state index is 0.248. The van der Waals surface area contributed by atoms with Crippen molar-refractivity contribution in [2.24, 2.45) is 0 Å². The Morgan fingerprint density at radius 2 is 1.72 bits per heavy atom. The van der Waals surface area contributed by atoms with Gasteiger partial charge in [-0.15, -0.1) is 11.8 Å². The topological polar surface area (TPSA) is 44.0 Å². The normalized spacial score (nSPS) is 10.0. The van der Waals surface area contributed by atoms with E-state index in [0.29, 0.717) is 5.56 Å². The van der Waals surface area contributed by atoms with Gasteiger partial charge in [-0.1, -0.05) is 17.8 Å². The number of thioether (sulfide) groups is 1. The molecule has 0 aliphatic heterocycles. The SMILES string of the molecule is CSc1cccc(Sc2ccc(O)cc2)c1C#N. The summed E-state index contributed by atoms with van der Waals surface area (Å²) in [5.74, 6) is 0.248. The molecule has 0 aliphatic rings. The summed E-state index contributed by atoms with van der Waals surface area (Å²) in [5.41, 5.74) is 0.711. The summed E-state index contributed by atoms with van der Waals surface area (Å²) in [5, 5.41) is 18.5. The number of rotatable bonds is 3. The second-order valence-corrected chi connectivity index (χ2v) is 5.50. The van der Waals surface area contributed by atoms with Crippen LogP contribution in [0.4, 0.5) is 0 Å². The summed E-state index contributed by atoms with van der Waals surface area (Å²) in [4.78, 5) is 2.93. The largest absolute Gasteiger partial charge is 0.508 e. The van der Waals surface area contributed by atoms with Crippen LogP contribution in [-0.4, -0.2) is 11.4 Å². The Kier molecular flexibility index (Phi) is 4.19. The Labute approximate surface area is 115 Å². The molecule has 90 valence electrons. The van der Waals surface area contributed by atoms with Gasteiger partial charge in [-0.2, -0.15) is 5.26 Å². The van der Waals surface area contributed by atoms with Gasteiger partial charge in [0.25, 0.3) is 0 Å². The Morgan fingerprint density at radius 3 is 2.33 bits per heavy atom. The lowest BCUT2D eigenvalue weighted by Gasteiger charge is -2.07. The first-order chi connectivity index (χ1) is 8.74. The highest BCUT2D eigenvalue weighted by Gasteiger charge is 2.08. The summed E-state index contributed by atoms with van der Waals surface area (Å²) < 4.78 is 0. The summed E-state index contributed by atoms with van der Waals surface area (Å²) in [6.45, 7) is 0. The second-order valence-electron chi connectivity index (χ2n) is 3.54. The Bertz CT molecular complexity index is 588. The lowest BCUT2D eigenvalue weighted by Crippen LogP contribution is -1.85. The van der Waals surface area contributed by atoms with Crippen LogP contribution < -0.4 is 0 Å². The summed E-state index contributed by atoms with van der Waals surface area (Å²) in [6, 6.07) is 15.1. The van der Waals surface area contributed by atoms with Gasteiger partial charge in [0.05, 0.1) is 5.56 Å². The predicted molar refractivity (Wildman–Crippen MR) is 75.2 cm³/mol. The van der Waals surface area contributed by atoms with E-state index >= 15 is 0 Å². The van der Waals surface area contributed by atoms with Crippen molar-refractivity contribution in [3.05, 3.63) is 48.0 Å². The van der Waals surface area contributed by atoms with Crippen LogP contribution in [0, 0.1) is 11.3 Å². The van der Waals surface area contributed by atoms with Crippen LogP contribution in [0.1, 0.15) is 5.56 Å². The highest BCUT2D eigenvalue weighted by atomic mass is 32.2. The van der Waals surface area contributed by atoms with Crippen molar-refractivity contribution in [3.63, 3.8) is 0 Å². The van der Waals surface area contributed by atoms with Crippen LogP contribution in [0.5, 0.6) is 5.75 Å². The quantitative estimate of drug-likeness (QED) is 0.854. The van der Waals surface area contributed by atoms with Crippen molar-refractivity contribution in [3.8, 4) is 11.8 Å². The number of phenolic OH excluding ortho intramolecular Hbond substituents is 1. The van der Waals surface area contributed by atoms with Crippen molar-refractivity contribution < 1.29 is 5.11 Å². The fraction of sp³-hybridized carbons (Fsp3) is 0.0714. The van der Waals surface area contributed by atoms with Crippen LogP contribution >= 0.6 is 23.5 Å². The molecule has 0 aliphatic carbocycles. The molecule has 4 heteroatoms. The second kappa shape index (κ2) is 5.85. The van der Waals surface area contributed by atoms with E-state index in [1.54, 1.807) is 23.9 Å². The monoisotopic (exact) mass is 273 g/mol. The van der Waals surface area contributed by atoms with Crippen molar-refractivity contribution in [2.75, 3.05) is 6.26 Å². The van der Waals surface area contributed by atoms with Gasteiger partial charge < -0.3 is 5.11 Å². The maximum atomic E-state index is 9.24. The number of hydrogen-bond acceptors (Lipinski definition) is 4. The van der Waals surface area contributed by atoms with Gasteiger partial charge in [0, 0.05) is 14.7 Å². The highest BCUT2D eigenvalue weighted by Crippen LogP contribution is 2.34. The van der Waals surface area contributed by atoms with Crippen molar-refractivity contribution in [1.82, 2.24) is 0 Å². The first kappa shape index (κ1) is 12.9. The molecule has 0 saturated carbocycles. The van der Waals surface area contributed by atoms with E-state index in [0.717, 1.165) is 14.7 Å². The van der Waals surface area contributed by atoms with E-state index in [1.807, 2.05) is 36.6 Å². The zero-order valence-corrected chi connectivity index (χ0v) is 11.4. The fourth-order valence-corrected chi connectivity index (χ4v) is 3.09. The minimum Gasteiger partial charge on any atom is -0.508 e. The van der Waals surface area contributed by atoms with Gasteiger partial charge >= 0.3 is 0 Å². The summed E-state index contributed by atoms with van der Waals surface area (Å²) in [6.07, 6.45) is 1.96. The van der Waals surface area contributed by atoms with Crippen LogP contribution in [0.15, 0.2) is 57.2 Å². The smallest absolute Gasteiger partial charge is 0.115 e. The van der Waals surface area contributed by atoms with Crippen LogP contribution in [0.25, 0.3) is 0 Å². The molecular weight excluding hydrogens is 262 g/mol. The molecule has 2 rings (SSSR count). The van der Waals surface area contributed by atoms with Gasteiger partial charge in [-0.25, -0.2) is 0 Å². The van der Waals surface area contributed by atoms with Crippen molar-refractivity contribution in [2.45, 2.75) is 14.7 Å². The standard InChI is InChI=1S/C14H11NOS2/c1-17-13-3-2-4-14(12(13)9-15)18-11-7-5-10(16)6-8-11/h2-8,16H,1H3. The maximum absolute atomic E-state index is 9.24. The highest BCUT2D eigenvalue weighted by molar-refractivity contribution is 8.00. The van der Waals surface area contributed by atoms with E-state index in [1.165, 1.54) is 11.8 Å². The number of hydrogen-bond donors (Lipinski definition) is 1. The zero-order valence-electron chi connectivity index (χ0n) is 9.75. The summed E-state index contributed by atoms with van der Waals surface area (Å²) >= 11 is 3.10. The molecule has 0 spiro atoms. The lowest BCUT2D eigenvalue weighted by molar-refractivity contribution is 0.475. The van der Waals surface area contributed by atoms with Crippen molar-refractivity contribution >= 4 is 23.5 Å². The fourth-order valence-electron chi connectivity index (χ4n) is 1.52. The molecule has 0 radical (unpaired) electrons. The molecule has 0 bridgehead atoms. The zero-order chi connectivity index (χ0) is 13.0. The molecule has 0 amide bonds. The molecule has 0 saturated heterocycles. The van der Waals surface area contributed by atoms with Gasteiger partial charge in [-0.3, -0.25) is 0 Å². The molecule has 18 heavy (non-hydrogen) atoms. The third kappa shape index (κ3) is 2.81. The van der Waals surface area contributed by atoms with E-state index in [-0.39, 0.29) is 5.75 Å². The van der Waals surface area contributed by atoms with Gasteiger partial charge in [0.1, 0.15) is 11.8 Å². The molecule has 0 atom stereocenters. The number of benzene rings is 2. The third-order valence-electron chi connectivity index (χ3n) is 2.38. The molecule has 1 N–H and O–H groups in total. The van der Waals surface area contributed by atoms with Gasteiger partial charge in [0.2, 0.25) is 0 Å². The average molecular weight is 273 g/mol. The molecule has 0 heterocycles. The molecule has 2 aromatic rings. The average Bonchev–Trinajstić information content (AvgIpc) is 2.41. The molecule has 0 fully saturated rings. The van der Waals surface area contributed by atoms with E-state index in [2.05, 4.69) is 6.07 Å². The molecule has 2 aromatic carbocycles. The molecular formula is C14H11NOS2. The van der Waals surface area contributed by atoms with E-state index in [9.17, 15) is 10.4 Å². The predicted octanol–water partition coefficient (Wildman–Crippen LogP) is 4.14. The molecule has 2 nitrogen and oxygen atoms in total. The number of nitrogens with zero attached hydrogens (tertiary/aromatic N) is 1. The lowest BCUT2D eigenvalue weighted by atomic mass is 10.2. The van der Waals surface area contributed by atoms with E-state index in [4.69, 9.17) is 0 Å². The van der Waals surface area contributed by atoms with Crippen molar-refractivity contribution in [1.29, 1.82) is 5.26 Å². The number of phenols is 1. The van der Waals surface area contributed by atoms with Crippen LogP contribution in [0.3, 0.4) is 0 Å². The van der Waals surface area contributed by atoms with E-state index < -0.39 is 0 Å². The number of aromatic hydroxyl groups is 1. The molecule has 0 unspecified atom stereocenters. The molecule has 0 aromatic heterocycles. The number of nitriles is 1. The first-order valence-electron chi connectivity index (χ1n) is 5.28. The van der Waals surface area contributed by atoms with Crippen LogP contribution in [0.2, 0.25) is 0 Å². The van der Waals surface area contributed by atoms with Gasteiger partial charge in [-0.05, 0) is 42.7 Å². The maximum Gasteiger partial charge on any atom is 0.115 e. The Hall–Kier alpha value is -1.57. The van der Waals surface area contributed by atoms with Gasteiger partial charge in [0.15, 0.2) is 0 Å². The third-order valence-corrected chi connectivity index (χ3v) is 4.23. The van der Waals surface area contributed by atoms with Crippen LogP contribution in [-0.2, 0) is 0 Å². The Morgan fingerprint density at radius 1 is 1.06 bits per heavy atom. The Balaban J connectivity index is 2.35. The summed E-state index contributed by atoms with van der Waals surface area (Å²) in [7, 11) is 0. The minimum atomic E-state index is 0.248. The first-order valence-corrected chi connectivity index (χ1v) is 7.32.